The molecule has 1 aromatic heterocycles. The normalized spacial score (nSPS) is 11.4. The van der Waals surface area contributed by atoms with Crippen molar-refractivity contribution in [2.75, 3.05) is 12.6 Å². The molecular formula is C6H7FN4O2S. The van der Waals surface area contributed by atoms with Crippen LogP contribution in [0, 0.1) is 0 Å². The smallest absolute Gasteiger partial charge is 0.273 e. The Morgan fingerprint density at radius 2 is 2.50 bits per heavy atom. The monoisotopic (exact) mass is 218 g/mol. The number of halogens is 1. The molecule has 14 heavy (non-hydrogen) atoms. The third-order valence-electron chi connectivity index (χ3n) is 1.20. The minimum absolute atomic E-state index is 0.174. The van der Waals surface area contributed by atoms with Crippen molar-refractivity contribution in [2.24, 2.45) is 10.9 Å². The van der Waals surface area contributed by atoms with E-state index in [0.717, 1.165) is 11.3 Å². The fourth-order valence-corrected chi connectivity index (χ4v) is 1.25. The predicted octanol–water partition coefficient (Wildman–Crippen LogP) is -0.142. The molecular weight excluding hydrogens is 211 g/mol. The number of anilines is 1. The number of alkyl halides is 1. The number of hydrogen-bond donors (Lipinski definition) is 2. The van der Waals surface area contributed by atoms with Gasteiger partial charge >= 0.3 is 0 Å². The standard InChI is InChI=1S/C6H7FN4O2S/c7-2-13-11-4(5(8)12)3-1-14-6(9)10-3/h1H,2H2,(H2,8,12)(H2,9,10)/b11-4-. The van der Waals surface area contributed by atoms with E-state index in [9.17, 15) is 9.18 Å². The Labute approximate surface area is 82.4 Å². The first kappa shape index (κ1) is 10.4. The van der Waals surface area contributed by atoms with Crippen molar-refractivity contribution in [3.63, 3.8) is 0 Å². The molecule has 1 rings (SSSR count). The summed E-state index contributed by atoms with van der Waals surface area (Å²) in [4.78, 5) is 18.6. The highest BCUT2D eigenvalue weighted by Gasteiger charge is 2.14. The maximum absolute atomic E-state index is 11.6. The maximum atomic E-state index is 11.6. The molecule has 0 aromatic carbocycles. The van der Waals surface area contributed by atoms with Crippen LogP contribution in [0.3, 0.4) is 0 Å². The highest BCUT2D eigenvalue weighted by atomic mass is 32.1. The van der Waals surface area contributed by atoms with E-state index in [1.807, 2.05) is 0 Å². The molecule has 0 spiro atoms. The molecule has 0 aliphatic carbocycles. The van der Waals surface area contributed by atoms with E-state index in [1.165, 1.54) is 5.38 Å². The van der Waals surface area contributed by atoms with Gasteiger partial charge in [0, 0.05) is 5.38 Å². The zero-order valence-corrected chi connectivity index (χ0v) is 7.75. The van der Waals surface area contributed by atoms with Gasteiger partial charge in [-0.15, -0.1) is 11.3 Å². The van der Waals surface area contributed by atoms with E-state index in [4.69, 9.17) is 11.5 Å². The van der Waals surface area contributed by atoms with Crippen LogP contribution in [0.25, 0.3) is 0 Å². The van der Waals surface area contributed by atoms with Crippen molar-refractivity contribution in [3.8, 4) is 0 Å². The van der Waals surface area contributed by atoms with Crippen LogP contribution < -0.4 is 11.5 Å². The first-order valence-corrected chi connectivity index (χ1v) is 4.30. The van der Waals surface area contributed by atoms with Gasteiger partial charge in [-0.1, -0.05) is 5.16 Å². The Balaban J connectivity index is 2.94. The maximum Gasteiger partial charge on any atom is 0.273 e. The molecule has 8 heteroatoms. The quantitative estimate of drug-likeness (QED) is 0.542. The topological polar surface area (TPSA) is 104 Å². The number of amides is 1. The van der Waals surface area contributed by atoms with Gasteiger partial charge < -0.3 is 16.3 Å². The lowest BCUT2D eigenvalue weighted by molar-refractivity contribution is -0.112. The number of oxime groups is 1. The van der Waals surface area contributed by atoms with Crippen LogP contribution in [0.1, 0.15) is 5.69 Å². The number of thiazole rings is 1. The molecule has 4 N–H and O–H groups in total. The number of rotatable bonds is 4. The number of hydrogen-bond acceptors (Lipinski definition) is 6. The number of nitrogens with two attached hydrogens (primary N) is 2. The SMILES string of the molecule is NC(=O)/C(=N\OCF)c1csc(N)n1. The zero-order valence-electron chi connectivity index (χ0n) is 6.94. The average molecular weight is 218 g/mol. The van der Waals surface area contributed by atoms with Gasteiger partial charge in [-0.05, 0) is 0 Å². The van der Waals surface area contributed by atoms with Gasteiger partial charge in [0.25, 0.3) is 12.8 Å². The second kappa shape index (κ2) is 4.51. The van der Waals surface area contributed by atoms with Crippen molar-refractivity contribution in [2.45, 2.75) is 0 Å². The largest absolute Gasteiger partial charge is 0.375 e. The van der Waals surface area contributed by atoms with Crippen LogP contribution in [0.15, 0.2) is 10.5 Å². The molecule has 0 aliphatic heterocycles. The summed E-state index contributed by atoms with van der Waals surface area (Å²) in [6, 6.07) is 0. The first-order valence-electron chi connectivity index (χ1n) is 3.42. The Kier molecular flexibility index (Phi) is 3.35. The molecule has 0 saturated heterocycles. The van der Waals surface area contributed by atoms with Crippen LogP contribution >= 0.6 is 11.3 Å². The molecule has 1 amide bonds. The molecule has 0 unspecified atom stereocenters. The van der Waals surface area contributed by atoms with Crippen molar-refractivity contribution in [1.82, 2.24) is 4.98 Å². The molecule has 6 nitrogen and oxygen atoms in total. The summed E-state index contributed by atoms with van der Waals surface area (Å²) in [5, 5.41) is 4.91. The first-order chi connectivity index (χ1) is 6.65. The van der Waals surface area contributed by atoms with Crippen LogP contribution in [0.4, 0.5) is 9.52 Å². The fourth-order valence-electron chi connectivity index (χ4n) is 0.703. The van der Waals surface area contributed by atoms with Gasteiger partial charge in [-0.3, -0.25) is 4.79 Å². The molecule has 0 atom stereocenters. The lowest BCUT2D eigenvalue weighted by atomic mass is 10.3. The Bertz CT molecular complexity index is 364. The summed E-state index contributed by atoms with van der Waals surface area (Å²) in [5.74, 6) is -0.858. The summed E-state index contributed by atoms with van der Waals surface area (Å²) in [7, 11) is 0. The van der Waals surface area contributed by atoms with E-state index < -0.39 is 12.8 Å². The van der Waals surface area contributed by atoms with E-state index in [2.05, 4.69) is 15.0 Å². The minimum atomic E-state index is -1.14. The molecule has 0 radical (unpaired) electrons. The van der Waals surface area contributed by atoms with E-state index in [-0.39, 0.29) is 16.5 Å². The zero-order chi connectivity index (χ0) is 10.6. The summed E-state index contributed by atoms with van der Waals surface area (Å²) < 4.78 is 11.6. The van der Waals surface area contributed by atoms with E-state index in [1.54, 1.807) is 0 Å². The van der Waals surface area contributed by atoms with Gasteiger partial charge in [0.15, 0.2) is 10.8 Å². The summed E-state index contributed by atoms with van der Waals surface area (Å²) in [6.07, 6.45) is 0. The van der Waals surface area contributed by atoms with Crippen molar-refractivity contribution in [3.05, 3.63) is 11.1 Å². The summed E-state index contributed by atoms with van der Waals surface area (Å²) in [6.45, 7) is -1.14. The summed E-state index contributed by atoms with van der Waals surface area (Å²) >= 11 is 1.11. The summed E-state index contributed by atoms with van der Waals surface area (Å²) in [5.41, 5.74) is 10.2. The molecule has 0 bridgehead atoms. The number of nitrogens with zero attached hydrogens (tertiary/aromatic N) is 2. The Hall–Kier alpha value is -1.70. The predicted molar refractivity (Wildman–Crippen MR) is 49.3 cm³/mol. The molecule has 1 heterocycles. The molecule has 76 valence electrons. The molecule has 1 aromatic rings. The molecule has 0 aliphatic rings. The van der Waals surface area contributed by atoms with Crippen molar-refractivity contribution < 1.29 is 14.0 Å². The van der Waals surface area contributed by atoms with Crippen molar-refractivity contribution >= 4 is 28.1 Å². The van der Waals surface area contributed by atoms with Gasteiger partial charge in [0.05, 0.1) is 0 Å². The minimum Gasteiger partial charge on any atom is -0.375 e. The highest BCUT2D eigenvalue weighted by molar-refractivity contribution is 7.13. The molecule has 0 saturated carbocycles. The average Bonchev–Trinajstić information content (AvgIpc) is 2.52. The highest BCUT2D eigenvalue weighted by Crippen LogP contribution is 2.11. The van der Waals surface area contributed by atoms with Crippen LogP contribution in [-0.2, 0) is 9.63 Å². The van der Waals surface area contributed by atoms with Gasteiger partial charge in [0.1, 0.15) is 5.69 Å². The van der Waals surface area contributed by atoms with Crippen molar-refractivity contribution in [1.29, 1.82) is 0 Å². The number of primary amides is 1. The molecule has 0 fully saturated rings. The number of carbonyl (C=O) groups is 1. The Morgan fingerprint density at radius 1 is 1.79 bits per heavy atom. The van der Waals surface area contributed by atoms with E-state index >= 15 is 0 Å². The van der Waals surface area contributed by atoms with E-state index in [0.29, 0.717) is 0 Å². The van der Waals surface area contributed by atoms with Crippen LogP contribution in [0.5, 0.6) is 0 Å². The van der Waals surface area contributed by atoms with Gasteiger partial charge in [0.2, 0.25) is 0 Å². The van der Waals surface area contributed by atoms with Gasteiger partial charge in [-0.25, -0.2) is 9.37 Å². The second-order valence-corrected chi connectivity index (χ2v) is 3.00. The third-order valence-corrected chi connectivity index (χ3v) is 1.88. The van der Waals surface area contributed by atoms with Crippen LogP contribution in [0.2, 0.25) is 0 Å². The number of aromatic nitrogens is 1. The number of carbonyl (C=O) groups excluding carboxylic acids is 1. The van der Waals surface area contributed by atoms with Crippen LogP contribution in [-0.4, -0.2) is 23.5 Å². The number of nitrogen functional groups attached to an aromatic ring is 1. The van der Waals surface area contributed by atoms with Gasteiger partial charge in [-0.2, -0.15) is 0 Å². The second-order valence-electron chi connectivity index (χ2n) is 2.11. The lowest BCUT2D eigenvalue weighted by Crippen LogP contribution is -2.25. The lowest BCUT2D eigenvalue weighted by Gasteiger charge is -1.96. The third kappa shape index (κ3) is 2.39. The Morgan fingerprint density at radius 3 is 2.93 bits per heavy atom. The fraction of sp³-hybridized carbons (Fsp3) is 0.167.